The lowest BCUT2D eigenvalue weighted by molar-refractivity contribution is 0.669. The molecular formula is C54H35NO2. The zero-order valence-corrected chi connectivity index (χ0v) is 31.0. The highest BCUT2D eigenvalue weighted by atomic mass is 16.3. The van der Waals surface area contributed by atoms with Crippen LogP contribution in [-0.4, -0.2) is 0 Å². The molecule has 0 N–H and O–H groups in total. The maximum atomic E-state index is 6.71. The van der Waals surface area contributed by atoms with Crippen molar-refractivity contribution in [2.75, 3.05) is 4.90 Å². The van der Waals surface area contributed by atoms with Gasteiger partial charge in [0.1, 0.15) is 22.3 Å². The quantitative estimate of drug-likeness (QED) is 0.164. The van der Waals surface area contributed by atoms with E-state index in [2.05, 4.69) is 205 Å². The van der Waals surface area contributed by atoms with Crippen molar-refractivity contribution in [3.63, 3.8) is 0 Å². The number of hydrogen-bond donors (Lipinski definition) is 0. The third-order valence-electron chi connectivity index (χ3n) is 11.1. The van der Waals surface area contributed by atoms with Crippen molar-refractivity contribution in [3.05, 3.63) is 212 Å². The molecule has 11 aromatic rings. The zero-order valence-electron chi connectivity index (χ0n) is 31.0. The van der Waals surface area contributed by atoms with Gasteiger partial charge in [-0.05, 0) is 88.0 Å². The molecule has 3 heteroatoms. The molecular weight excluding hydrogens is 695 g/mol. The van der Waals surface area contributed by atoms with E-state index >= 15 is 0 Å². The van der Waals surface area contributed by atoms with Gasteiger partial charge in [-0.1, -0.05) is 158 Å². The first-order valence-electron chi connectivity index (χ1n) is 19.3. The lowest BCUT2D eigenvalue weighted by Crippen LogP contribution is -2.10. The molecule has 0 saturated carbocycles. The van der Waals surface area contributed by atoms with Gasteiger partial charge in [0.25, 0.3) is 0 Å². The molecule has 0 saturated heterocycles. The van der Waals surface area contributed by atoms with E-state index in [-0.39, 0.29) is 0 Å². The lowest BCUT2D eigenvalue weighted by Gasteiger charge is -2.27. The van der Waals surface area contributed by atoms with Gasteiger partial charge >= 0.3 is 0 Å². The number of rotatable bonds is 7. The van der Waals surface area contributed by atoms with Crippen molar-refractivity contribution < 1.29 is 8.83 Å². The zero-order chi connectivity index (χ0) is 37.7. The SMILES string of the molecule is c1ccc(-c2ccc(N(c3ccc(-c4ccc5oc6c(-c7ccccc7)cccc6c5c4)cc3)c3ccc(-c4ccccc4)c4oc5ccccc5c34)cc2)cc1. The van der Waals surface area contributed by atoms with Crippen molar-refractivity contribution >= 4 is 60.9 Å². The highest BCUT2D eigenvalue weighted by Gasteiger charge is 2.22. The molecule has 2 heterocycles. The van der Waals surface area contributed by atoms with Crippen LogP contribution in [0.15, 0.2) is 221 Å². The summed E-state index contributed by atoms with van der Waals surface area (Å²) in [4.78, 5) is 2.36. The summed E-state index contributed by atoms with van der Waals surface area (Å²) in [5.74, 6) is 0. The largest absolute Gasteiger partial charge is 0.455 e. The Balaban J connectivity index is 1.05. The Labute approximate surface area is 330 Å². The van der Waals surface area contributed by atoms with E-state index in [1.54, 1.807) is 0 Å². The molecule has 268 valence electrons. The second kappa shape index (κ2) is 13.6. The highest BCUT2D eigenvalue weighted by Crippen LogP contribution is 2.47. The average Bonchev–Trinajstić information content (AvgIpc) is 3.87. The third kappa shape index (κ3) is 5.68. The van der Waals surface area contributed by atoms with E-state index in [9.17, 15) is 0 Å². The molecule has 0 fully saturated rings. The topological polar surface area (TPSA) is 29.5 Å². The van der Waals surface area contributed by atoms with E-state index < -0.39 is 0 Å². The first kappa shape index (κ1) is 32.8. The van der Waals surface area contributed by atoms with Gasteiger partial charge in [-0.3, -0.25) is 0 Å². The van der Waals surface area contributed by atoms with Crippen molar-refractivity contribution in [1.29, 1.82) is 0 Å². The molecule has 2 aromatic heterocycles. The minimum Gasteiger partial charge on any atom is -0.455 e. The summed E-state index contributed by atoms with van der Waals surface area (Å²) < 4.78 is 13.2. The number of fused-ring (bicyclic) bond motifs is 6. The first-order chi connectivity index (χ1) is 28.3. The Morgan fingerprint density at radius 3 is 1.46 bits per heavy atom. The number of benzene rings is 9. The number of nitrogens with zero attached hydrogens (tertiary/aromatic N) is 1. The Morgan fingerprint density at radius 2 is 0.789 bits per heavy atom. The monoisotopic (exact) mass is 729 g/mol. The average molecular weight is 730 g/mol. The third-order valence-corrected chi connectivity index (χ3v) is 11.1. The van der Waals surface area contributed by atoms with Crippen LogP contribution < -0.4 is 4.90 Å². The Kier molecular flexibility index (Phi) is 7.82. The van der Waals surface area contributed by atoms with Gasteiger partial charge in [0, 0.05) is 38.7 Å². The summed E-state index contributed by atoms with van der Waals surface area (Å²) in [7, 11) is 0. The molecule has 0 spiro atoms. The molecule has 0 aliphatic rings. The number of anilines is 3. The van der Waals surface area contributed by atoms with Gasteiger partial charge in [-0.15, -0.1) is 0 Å². The summed E-state index contributed by atoms with van der Waals surface area (Å²) >= 11 is 0. The van der Waals surface area contributed by atoms with Gasteiger partial charge in [-0.25, -0.2) is 0 Å². The van der Waals surface area contributed by atoms with Crippen LogP contribution in [0, 0.1) is 0 Å². The van der Waals surface area contributed by atoms with E-state index in [0.717, 1.165) is 94.3 Å². The van der Waals surface area contributed by atoms with Gasteiger partial charge in [0.15, 0.2) is 0 Å². The molecule has 0 atom stereocenters. The van der Waals surface area contributed by atoms with Crippen molar-refractivity contribution in [2.45, 2.75) is 0 Å². The van der Waals surface area contributed by atoms with E-state index in [1.165, 1.54) is 11.1 Å². The minimum atomic E-state index is 0.866. The van der Waals surface area contributed by atoms with Crippen molar-refractivity contribution in [2.24, 2.45) is 0 Å². The van der Waals surface area contributed by atoms with Crippen LogP contribution in [0.25, 0.3) is 88.4 Å². The van der Waals surface area contributed by atoms with Crippen LogP contribution in [0.2, 0.25) is 0 Å². The molecule has 0 amide bonds. The van der Waals surface area contributed by atoms with Crippen LogP contribution in [0.3, 0.4) is 0 Å². The van der Waals surface area contributed by atoms with Gasteiger partial charge in [0.2, 0.25) is 0 Å². The normalized spacial score (nSPS) is 11.5. The summed E-state index contributed by atoms with van der Waals surface area (Å²) in [5, 5.41) is 4.39. The second-order valence-electron chi connectivity index (χ2n) is 14.5. The Hall–Kier alpha value is -7.62. The molecule has 0 bridgehead atoms. The van der Waals surface area contributed by atoms with E-state index in [0.29, 0.717) is 0 Å². The fourth-order valence-corrected chi connectivity index (χ4v) is 8.33. The number of furan rings is 2. The molecule has 9 aromatic carbocycles. The van der Waals surface area contributed by atoms with Crippen LogP contribution in [-0.2, 0) is 0 Å². The highest BCUT2D eigenvalue weighted by molar-refractivity contribution is 6.17. The fraction of sp³-hybridized carbons (Fsp3) is 0. The number of hydrogen-bond acceptors (Lipinski definition) is 3. The fourth-order valence-electron chi connectivity index (χ4n) is 8.33. The molecule has 0 aliphatic heterocycles. The molecule has 57 heavy (non-hydrogen) atoms. The maximum Gasteiger partial charge on any atom is 0.145 e. The van der Waals surface area contributed by atoms with Crippen LogP contribution in [0.4, 0.5) is 17.1 Å². The molecule has 11 rings (SSSR count). The van der Waals surface area contributed by atoms with Crippen LogP contribution >= 0.6 is 0 Å². The van der Waals surface area contributed by atoms with Crippen LogP contribution in [0.5, 0.6) is 0 Å². The molecule has 0 aliphatic carbocycles. The maximum absolute atomic E-state index is 6.71. The Morgan fingerprint density at radius 1 is 0.298 bits per heavy atom. The first-order valence-corrected chi connectivity index (χ1v) is 19.3. The predicted octanol–water partition coefficient (Wildman–Crippen LogP) is 15.6. The molecule has 3 nitrogen and oxygen atoms in total. The number of para-hydroxylation sites is 2. The smallest absolute Gasteiger partial charge is 0.145 e. The standard InChI is InChI=1S/C54H35NO2/c1-4-13-36(14-5-1)37-23-28-42(29-24-37)55(49-33-32-45(40-17-8-3-9-18-40)54-52(49)47-19-10-11-22-50(47)57-54)43-30-25-38(26-31-43)41-27-34-51-48(35-41)46-21-12-20-44(53(46)56-51)39-15-6-2-7-16-39/h1-35H. The van der Waals surface area contributed by atoms with E-state index in [4.69, 9.17) is 8.83 Å². The van der Waals surface area contributed by atoms with Crippen molar-refractivity contribution in [3.8, 4) is 44.5 Å². The summed E-state index contributed by atoms with van der Waals surface area (Å²) in [6, 6.07) is 75.0. The Bertz CT molecular complexity index is 3200. The van der Waals surface area contributed by atoms with Crippen molar-refractivity contribution in [1.82, 2.24) is 0 Å². The lowest BCUT2D eigenvalue weighted by atomic mass is 9.98. The van der Waals surface area contributed by atoms with Gasteiger partial charge in [-0.2, -0.15) is 0 Å². The van der Waals surface area contributed by atoms with Crippen LogP contribution in [0.1, 0.15) is 0 Å². The minimum absolute atomic E-state index is 0.866. The van der Waals surface area contributed by atoms with Gasteiger partial charge in [0.05, 0.1) is 11.1 Å². The summed E-state index contributed by atoms with van der Waals surface area (Å²) in [5.41, 5.74) is 15.8. The molecule has 0 radical (unpaired) electrons. The van der Waals surface area contributed by atoms with E-state index in [1.807, 2.05) is 12.1 Å². The molecule has 0 unspecified atom stereocenters. The van der Waals surface area contributed by atoms with Gasteiger partial charge < -0.3 is 13.7 Å². The second-order valence-corrected chi connectivity index (χ2v) is 14.5. The summed E-state index contributed by atoms with van der Waals surface area (Å²) in [6.45, 7) is 0. The predicted molar refractivity (Wildman–Crippen MR) is 237 cm³/mol. The summed E-state index contributed by atoms with van der Waals surface area (Å²) in [6.07, 6.45) is 0.